The van der Waals surface area contributed by atoms with Crippen molar-refractivity contribution in [2.24, 2.45) is 0 Å². The van der Waals surface area contributed by atoms with E-state index in [4.69, 9.17) is 9.47 Å². The summed E-state index contributed by atoms with van der Waals surface area (Å²) in [4.78, 5) is 28.6. The Hall–Kier alpha value is -4.06. The third-order valence-electron chi connectivity index (χ3n) is 5.64. The molecule has 0 aliphatic carbocycles. The van der Waals surface area contributed by atoms with Crippen LogP contribution in [0.5, 0.6) is 11.8 Å². The lowest BCUT2D eigenvalue weighted by Gasteiger charge is -2.33. The Bertz CT molecular complexity index is 1360. The fourth-order valence-corrected chi connectivity index (χ4v) is 3.80. The Kier molecular flexibility index (Phi) is 9.07. The van der Waals surface area contributed by atoms with E-state index in [9.17, 15) is 44.3 Å². The van der Waals surface area contributed by atoms with Crippen molar-refractivity contribution < 1.29 is 53.8 Å². The second kappa shape index (κ2) is 11.8. The van der Waals surface area contributed by atoms with E-state index in [2.05, 4.69) is 19.9 Å². The van der Waals surface area contributed by atoms with Crippen molar-refractivity contribution in [3.8, 4) is 23.1 Å². The van der Waals surface area contributed by atoms with Gasteiger partial charge in [-0.15, -0.1) is 0 Å². The molecule has 0 radical (unpaired) electrons. The lowest BCUT2D eigenvalue weighted by atomic mass is 10.1. The second-order valence-corrected chi connectivity index (χ2v) is 8.37. The van der Waals surface area contributed by atoms with Crippen molar-refractivity contribution in [3.05, 3.63) is 30.5 Å². The number of nitrogens with one attached hydrogen (secondary N) is 1. The number of hydrogen-bond donors (Lipinski definition) is 1. The van der Waals surface area contributed by atoms with Gasteiger partial charge in [0.15, 0.2) is 17.4 Å². The summed E-state index contributed by atoms with van der Waals surface area (Å²) in [6.07, 6.45) is -14.5. The maximum absolute atomic E-state index is 14.3. The number of halogens is 9. The number of urea groups is 1. The molecule has 1 N–H and O–H groups in total. The zero-order chi connectivity index (χ0) is 30.8. The molecule has 3 heterocycles. The molecular weight excluding hydrogens is 581 g/mol. The van der Waals surface area contributed by atoms with Gasteiger partial charge < -0.3 is 24.1 Å². The summed E-state index contributed by atoms with van der Waals surface area (Å²) in [5.41, 5.74) is -1.12. The average molecular weight is 603 g/mol. The van der Waals surface area contributed by atoms with Crippen molar-refractivity contribution in [2.75, 3.05) is 20.8 Å². The highest BCUT2D eigenvalue weighted by molar-refractivity contribution is 5.75. The van der Waals surface area contributed by atoms with Gasteiger partial charge in [-0.3, -0.25) is 0 Å². The number of imidazole rings is 1. The summed E-state index contributed by atoms with van der Waals surface area (Å²) < 4.78 is 132. The number of alkyl halides is 9. The van der Waals surface area contributed by atoms with Crippen LogP contribution in [0.4, 0.5) is 44.3 Å². The van der Waals surface area contributed by atoms with Gasteiger partial charge in [0, 0.05) is 31.6 Å². The predicted octanol–water partition coefficient (Wildman–Crippen LogP) is 5.11. The Balaban J connectivity index is 2.06. The van der Waals surface area contributed by atoms with Gasteiger partial charge in [0.05, 0.1) is 26.1 Å². The number of hydrogen-bond acceptors (Lipinski definition) is 7. The van der Waals surface area contributed by atoms with Gasteiger partial charge in [0.1, 0.15) is 11.7 Å². The fourth-order valence-electron chi connectivity index (χ4n) is 3.80. The second-order valence-electron chi connectivity index (χ2n) is 8.37. The Morgan fingerprint density at radius 1 is 1.00 bits per heavy atom. The van der Waals surface area contributed by atoms with Crippen molar-refractivity contribution in [1.82, 2.24) is 34.6 Å². The number of methoxy groups -OCH3 is 2. The SMILES string of the molecule is CCN(C(=O)N[C@@H](CCC(F)(F)F)C(F)(F)F)C(c1cnc(OC)c(-c2cn3ccnc3c(OC)n2)n1)C(F)(F)F. The van der Waals surface area contributed by atoms with Gasteiger partial charge in [-0.1, -0.05) is 0 Å². The van der Waals surface area contributed by atoms with Gasteiger partial charge in [0.2, 0.25) is 5.88 Å². The molecule has 0 fully saturated rings. The molecule has 0 saturated carbocycles. The van der Waals surface area contributed by atoms with Crippen LogP contribution in [0.15, 0.2) is 24.8 Å². The Labute approximate surface area is 225 Å². The number of rotatable bonds is 9. The lowest BCUT2D eigenvalue weighted by molar-refractivity contribution is -0.182. The van der Waals surface area contributed by atoms with Gasteiger partial charge >= 0.3 is 24.6 Å². The van der Waals surface area contributed by atoms with E-state index in [0.717, 1.165) is 14.0 Å². The summed E-state index contributed by atoms with van der Waals surface area (Å²) >= 11 is 0. The molecule has 41 heavy (non-hydrogen) atoms. The summed E-state index contributed by atoms with van der Waals surface area (Å²) in [5.74, 6) is -0.332. The molecule has 3 rings (SSSR count). The Morgan fingerprint density at radius 2 is 1.66 bits per heavy atom. The third-order valence-corrected chi connectivity index (χ3v) is 5.64. The number of amides is 2. The number of fused-ring (bicyclic) bond motifs is 1. The molecule has 3 aromatic rings. The standard InChI is InChI=1S/C22H22F9N7O3/c1-4-38(19(39)36-13(21(26,27)28)5-6-20(23,24)25)15(22(29,30)31)11-9-33-17(40-2)14(34-11)12-10-37-8-7-32-16(37)18(35-12)41-3/h7-10,13,15H,4-6H2,1-3H3,(H,36,39)/t13-,15?/m0/s1. The molecule has 0 spiro atoms. The summed E-state index contributed by atoms with van der Waals surface area (Å²) in [7, 11) is 2.41. The molecule has 226 valence electrons. The summed E-state index contributed by atoms with van der Waals surface area (Å²) in [5, 5.41) is 1.25. The van der Waals surface area contributed by atoms with Crippen molar-refractivity contribution in [1.29, 1.82) is 0 Å². The molecule has 0 aliphatic rings. The van der Waals surface area contributed by atoms with E-state index in [1.54, 1.807) is 0 Å². The minimum atomic E-state index is -5.38. The topological polar surface area (TPSA) is 107 Å². The molecule has 2 atom stereocenters. The minimum absolute atomic E-state index is 0.0410. The van der Waals surface area contributed by atoms with Gasteiger partial charge in [0.25, 0.3) is 5.88 Å². The van der Waals surface area contributed by atoms with Gasteiger partial charge in [-0.2, -0.15) is 39.5 Å². The molecule has 2 amide bonds. The van der Waals surface area contributed by atoms with Crippen LogP contribution in [0, 0.1) is 0 Å². The maximum atomic E-state index is 14.3. The molecule has 0 aromatic carbocycles. The minimum Gasteiger partial charge on any atom is -0.479 e. The van der Waals surface area contributed by atoms with Crippen LogP contribution in [-0.2, 0) is 0 Å². The number of carbonyl (C=O) groups is 1. The van der Waals surface area contributed by atoms with E-state index in [0.29, 0.717) is 6.20 Å². The third kappa shape index (κ3) is 7.37. The fraction of sp³-hybridized carbons (Fsp3) is 0.500. The summed E-state index contributed by atoms with van der Waals surface area (Å²) in [6, 6.07) is -7.95. The van der Waals surface area contributed by atoms with Gasteiger partial charge in [-0.25, -0.2) is 24.7 Å². The maximum Gasteiger partial charge on any atom is 0.414 e. The lowest BCUT2D eigenvalue weighted by Crippen LogP contribution is -2.53. The number of aromatic nitrogens is 5. The van der Waals surface area contributed by atoms with E-state index >= 15 is 0 Å². The first-order chi connectivity index (χ1) is 19.0. The first-order valence-electron chi connectivity index (χ1n) is 11.6. The number of carbonyl (C=O) groups excluding carboxylic acids is 1. The van der Waals surface area contributed by atoms with Crippen LogP contribution in [0.3, 0.4) is 0 Å². The molecule has 19 heteroatoms. The number of nitrogens with zero attached hydrogens (tertiary/aromatic N) is 6. The van der Waals surface area contributed by atoms with Crippen molar-refractivity contribution >= 4 is 11.7 Å². The van der Waals surface area contributed by atoms with Crippen LogP contribution >= 0.6 is 0 Å². The molecule has 0 bridgehead atoms. The van der Waals surface area contributed by atoms with E-state index in [1.807, 2.05) is 0 Å². The normalized spacial score (nSPS) is 14.0. The van der Waals surface area contributed by atoms with E-state index in [-0.39, 0.29) is 33.7 Å². The highest BCUT2D eigenvalue weighted by Crippen LogP contribution is 2.39. The van der Waals surface area contributed by atoms with Gasteiger partial charge in [-0.05, 0) is 13.3 Å². The molecule has 3 aromatic heterocycles. The average Bonchev–Trinajstić information content (AvgIpc) is 3.35. The largest absolute Gasteiger partial charge is 0.479 e. The summed E-state index contributed by atoms with van der Waals surface area (Å²) in [6.45, 7) is 0.226. The van der Waals surface area contributed by atoms with Crippen molar-refractivity contribution in [2.45, 2.75) is 50.4 Å². The van der Waals surface area contributed by atoms with E-state index in [1.165, 1.54) is 35.4 Å². The van der Waals surface area contributed by atoms with Crippen LogP contribution < -0.4 is 14.8 Å². The zero-order valence-corrected chi connectivity index (χ0v) is 21.4. The predicted molar refractivity (Wildman–Crippen MR) is 122 cm³/mol. The first-order valence-corrected chi connectivity index (χ1v) is 11.6. The smallest absolute Gasteiger partial charge is 0.414 e. The Morgan fingerprint density at radius 3 is 2.20 bits per heavy atom. The quantitative estimate of drug-likeness (QED) is 0.339. The molecule has 0 aliphatic heterocycles. The van der Waals surface area contributed by atoms with Crippen LogP contribution in [-0.4, -0.2) is 80.6 Å². The van der Waals surface area contributed by atoms with Crippen LogP contribution in [0.25, 0.3) is 17.0 Å². The highest BCUT2D eigenvalue weighted by atomic mass is 19.4. The van der Waals surface area contributed by atoms with Crippen molar-refractivity contribution in [3.63, 3.8) is 0 Å². The van der Waals surface area contributed by atoms with E-state index < -0.39 is 61.7 Å². The molecule has 10 nitrogen and oxygen atoms in total. The van der Waals surface area contributed by atoms with Crippen LogP contribution in [0.1, 0.15) is 31.5 Å². The highest BCUT2D eigenvalue weighted by Gasteiger charge is 2.50. The van der Waals surface area contributed by atoms with Crippen LogP contribution in [0.2, 0.25) is 0 Å². The number of ether oxygens (including phenoxy) is 2. The molecule has 1 unspecified atom stereocenters. The first kappa shape index (κ1) is 31.5. The zero-order valence-electron chi connectivity index (χ0n) is 21.4. The molecular formula is C22H22F9N7O3. The molecule has 0 saturated heterocycles. The monoisotopic (exact) mass is 603 g/mol.